The molecular formula is C25H24N4. The predicted molar refractivity (Wildman–Crippen MR) is 119 cm³/mol. The molecule has 0 spiro atoms. The van der Waals surface area contributed by atoms with Crippen molar-refractivity contribution >= 4 is 22.7 Å². The first kappa shape index (κ1) is 18.8. The minimum Gasteiger partial charge on any atom is -0.337 e. The number of aromatic nitrogens is 3. The van der Waals surface area contributed by atoms with E-state index in [1.165, 1.54) is 16.7 Å². The molecule has 0 saturated carbocycles. The first-order valence-corrected chi connectivity index (χ1v) is 9.72. The summed E-state index contributed by atoms with van der Waals surface area (Å²) >= 11 is 0. The van der Waals surface area contributed by atoms with E-state index in [0.717, 1.165) is 33.7 Å². The summed E-state index contributed by atoms with van der Waals surface area (Å²) in [6.45, 7) is 10.4. The number of benzene rings is 2. The summed E-state index contributed by atoms with van der Waals surface area (Å²) in [4.78, 5) is 7.96. The predicted octanol–water partition coefficient (Wildman–Crippen LogP) is 5.96. The quantitative estimate of drug-likeness (QED) is 0.446. The molecular weight excluding hydrogens is 356 g/mol. The van der Waals surface area contributed by atoms with Crippen molar-refractivity contribution in [2.75, 3.05) is 0 Å². The number of nitrogens with zero attached hydrogens (tertiary/aromatic N) is 3. The third-order valence-corrected chi connectivity index (χ3v) is 5.50. The number of nitrogens with one attached hydrogen (secondary N) is 1. The van der Waals surface area contributed by atoms with Gasteiger partial charge in [-0.2, -0.15) is 5.26 Å². The Bertz CT molecular complexity index is 1270. The molecule has 4 rings (SSSR count). The van der Waals surface area contributed by atoms with Crippen LogP contribution in [-0.2, 0) is 0 Å². The van der Waals surface area contributed by atoms with Crippen LogP contribution in [0.15, 0.2) is 42.5 Å². The van der Waals surface area contributed by atoms with Crippen LogP contribution < -0.4 is 0 Å². The fraction of sp³-hybridized carbons (Fsp3) is 0.200. The lowest BCUT2D eigenvalue weighted by Gasteiger charge is -2.10. The van der Waals surface area contributed by atoms with Gasteiger partial charge >= 0.3 is 0 Å². The van der Waals surface area contributed by atoms with E-state index >= 15 is 0 Å². The number of hydrogen-bond donors (Lipinski definition) is 1. The molecule has 0 radical (unpaired) electrons. The van der Waals surface area contributed by atoms with Gasteiger partial charge in [-0.3, -0.25) is 0 Å². The van der Waals surface area contributed by atoms with Gasteiger partial charge in [0.15, 0.2) is 0 Å². The van der Waals surface area contributed by atoms with Crippen molar-refractivity contribution in [1.29, 1.82) is 5.26 Å². The van der Waals surface area contributed by atoms with Crippen molar-refractivity contribution in [2.24, 2.45) is 0 Å². The lowest BCUT2D eigenvalue weighted by Crippen LogP contribution is -1.99. The molecule has 0 fully saturated rings. The van der Waals surface area contributed by atoms with Crippen LogP contribution in [0, 0.1) is 45.9 Å². The van der Waals surface area contributed by atoms with Gasteiger partial charge in [-0.05, 0) is 93.3 Å². The summed E-state index contributed by atoms with van der Waals surface area (Å²) in [5, 5.41) is 9.81. The van der Waals surface area contributed by atoms with Gasteiger partial charge in [0.1, 0.15) is 11.9 Å². The Morgan fingerprint density at radius 2 is 1.79 bits per heavy atom. The van der Waals surface area contributed by atoms with E-state index in [-0.39, 0.29) is 0 Å². The molecule has 0 bridgehead atoms. The van der Waals surface area contributed by atoms with Crippen molar-refractivity contribution in [3.05, 3.63) is 81.9 Å². The zero-order valence-corrected chi connectivity index (χ0v) is 17.5. The van der Waals surface area contributed by atoms with Crippen molar-refractivity contribution < 1.29 is 0 Å². The SMILES string of the molecule is Cc1cccc(-n2c(C)cc(/C=C(/C#N)c3nc4cc(C)c(C)cc4[nH]3)c2C)c1. The minimum absolute atomic E-state index is 0.529. The fourth-order valence-electron chi connectivity index (χ4n) is 3.80. The first-order valence-electron chi connectivity index (χ1n) is 9.72. The molecule has 4 aromatic rings. The van der Waals surface area contributed by atoms with Gasteiger partial charge in [-0.25, -0.2) is 4.98 Å². The highest BCUT2D eigenvalue weighted by Gasteiger charge is 2.13. The van der Waals surface area contributed by atoms with Crippen LogP contribution in [0.3, 0.4) is 0 Å². The second kappa shape index (κ2) is 7.10. The maximum Gasteiger partial charge on any atom is 0.149 e. The van der Waals surface area contributed by atoms with Crippen molar-refractivity contribution in [1.82, 2.24) is 14.5 Å². The van der Waals surface area contributed by atoms with Gasteiger partial charge in [0.25, 0.3) is 0 Å². The standard InChI is InChI=1S/C25H24N4/c1-15-7-6-8-22(9-15)29-18(4)12-20(19(29)5)13-21(14-26)25-27-23-10-16(2)17(3)11-24(23)28-25/h6-13H,1-5H3,(H,27,28)/b21-13-. The highest BCUT2D eigenvalue weighted by atomic mass is 15.0. The van der Waals surface area contributed by atoms with E-state index < -0.39 is 0 Å². The van der Waals surface area contributed by atoms with E-state index in [2.05, 4.69) is 97.7 Å². The summed E-state index contributed by atoms with van der Waals surface area (Å²) in [6.07, 6.45) is 1.92. The largest absolute Gasteiger partial charge is 0.337 e. The summed E-state index contributed by atoms with van der Waals surface area (Å²) in [7, 11) is 0. The molecule has 2 aromatic carbocycles. The lowest BCUT2D eigenvalue weighted by molar-refractivity contribution is 0.962. The zero-order chi connectivity index (χ0) is 20.7. The topological polar surface area (TPSA) is 57.4 Å². The molecule has 0 saturated heterocycles. The van der Waals surface area contributed by atoms with Crippen LogP contribution in [0.2, 0.25) is 0 Å². The highest BCUT2D eigenvalue weighted by Crippen LogP contribution is 2.26. The molecule has 2 aromatic heterocycles. The van der Waals surface area contributed by atoms with Crippen LogP contribution in [-0.4, -0.2) is 14.5 Å². The monoisotopic (exact) mass is 380 g/mol. The molecule has 0 unspecified atom stereocenters. The molecule has 144 valence electrons. The molecule has 2 heterocycles. The number of H-pyrrole nitrogens is 1. The van der Waals surface area contributed by atoms with Crippen LogP contribution >= 0.6 is 0 Å². The van der Waals surface area contributed by atoms with Crippen molar-refractivity contribution in [3.8, 4) is 11.8 Å². The molecule has 1 N–H and O–H groups in total. The number of nitriles is 1. The number of aryl methyl sites for hydroxylation is 4. The molecule has 0 amide bonds. The van der Waals surface area contributed by atoms with Gasteiger partial charge in [0.05, 0.1) is 16.6 Å². The van der Waals surface area contributed by atoms with E-state index in [0.29, 0.717) is 11.4 Å². The second-order valence-corrected chi connectivity index (χ2v) is 7.71. The van der Waals surface area contributed by atoms with E-state index in [1.54, 1.807) is 0 Å². The highest BCUT2D eigenvalue weighted by molar-refractivity contribution is 5.91. The molecule has 4 nitrogen and oxygen atoms in total. The number of fused-ring (bicyclic) bond motifs is 1. The molecule has 4 heteroatoms. The van der Waals surface area contributed by atoms with E-state index in [9.17, 15) is 5.26 Å². The summed E-state index contributed by atoms with van der Waals surface area (Å²) < 4.78 is 2.22. The second-order valence-electron chi connectivity index (χ2n) is 7.71. The Balaban J connectivity index is 1.81. The smallest absolute Gasteiger partial charge is 0.149 e. The molecule has 0 aliphatic heterocycles. The lowest BCUT2D eigenvalue weighted by atomic mass is 10.1. The Kier molecular flexibility index (Phi) is 4.60. The zero-order valence-electron chi connectivity index (χ0n) is 17.5. The Morgan fingerprint density at radius 3 is 2.52 bits per heavy atom. The molecule has 0 aliphatic carbocycles. The number of allylic oxidation sites excluding steroid dienone is 1. The van der Waals surface area contributed by atoms with Crippen molar-refractivity contribution in [2.45, 2.75) is 34.6 Å². The third-order valence-electron chi connectivity index (χ3n) is 5.50. The number of imidazole rings is 1. The number of hydrogen-bond acceptors (Lipinski definition) is 2. The Hall–Kier alpha value is -3.58. The summed E-state index contributed by atoms with van der Waals surface area (Å²) in [5.74, 6) is 0.604. The molecule has 29 heavy (non-hydrogen) atoms. The minimum atomic E-state index is 0.529. The molecule has 0 atom stereocenters. The maximum atomic E-state index is 9.81. The summed E-state index contributed by atoms with van der Waals surface area (Å²) in [5.41, 5.74) is 10.4. The Labute approximate surface area is 171 Å². The van der Waals surface area contributed by atoms with Crippen molar-refractivity contribution in [3.63, 3.8) is 0 Å². The van der Waals surface area contributed by atoms with E-state index in [1.807, 2.05) is 6.08 Å². The van der Waals surface area contributed by atoms with Crippen LogP contribution in [0.5, 0.6) is 0 Å². The van der Waals surface area contributed by atoms with Gasteiger partial charge in [0.2, 0.25) is 0 Å². The van der Waals surface area contributed by atoms with Crippen LogP contribution in [0.1, 0.15) is 39.5 Å². The average Bonchev–Trinajstić information content (AvgIpc) is 3.20. The van der Waals surface area contributed by atoms with Crippen LogP contribution in [0.4, 0.5) is 0 Å². The molecule has 0 aliphatic rings. The first-order chi connectivity index (χ1) is 13.9. The Morgan fingerprint density at radius 1 is 1.03 bits per heavy atom. The number of aromatic amines is 1. The van der Waals surface area contributed by atoms with Gasteiger partial charge in [-0.1, -0.05) is 12.1 Å². The fourth-order valence-corrected chi connectivity index (χ4v) is 3.80. The van der Waals surface area contributed by atoms with Gasteiger partial charge < -0.3 is 9.55 Å². The third kappa shape index (κ3) is 3.36. The number of rotatable bonds is 3. The maximum absolute atomic E-state index is 9.81. The average molecular weight is 380 g/mol. The van der Waals surface area contributed by atoms with Gasteiger partial charge in [0, 0.05) is 17.1 Å². The van der Waals surface area contributed by atoms with E-state index in [4.69, 9.17) is 0 Å². The summed E-state index contributed by atoms with van der Waals surface area (Å²) in [6, 6.07) is 17.0. The van der Waals surface area contributed by atoms with Gasteiger partial charge in [-0.15, -0.1) is 0 Å². The normalized spacial score (nSPS) is 11.8. The van der Waals surface area contributed by atoms with Crippen LogP contribution in [0.25, 0.3) is 28.4 Å².